The lowest BCUT2D eigenvalue weighted by Crippen LogP contribution is -2.37. The van der Waals surface area contributed by atoms with E-state index in [9.17, 15) is 4.79 Å². The number of ether oxygens (including phenoxy) is 1. The quantitative estimate of drug-likeness (QED) is 0.754. The number of carbonyl (C=O) groups is 1. The molecular formula is C13H19BrN2O3. The predicted molar refractivity (Wildman–Crippen MR) is 78.2 cm³/mol. The van der Waals surface area contributed by atoms with Gasteiger partial charge in [-0.2, -0.15) is 0 Å². The number of methoxy groups -OCH3 is 1. The first-order chi connectivity index (χ1) is 9.15. The van der Waals surface area contributed by atoms with Crippen molar-refractivity contribution in [2.24, 2.45) is 0 Å². The summed E-state index contributed by atoms with van der Waals surface area (Å²) in [5.74, 6) is -0.109. The highest BCUT2D eigenvalue weighted by Crippen LogP contribution is 2.15. The minimum Gasteiger partial charge on any atom is -0.395 e. The van der Waals surface area contributed by atoms with Crippen LogP contribution in [0, 0.1) is 0 Å². The molecule has 1 rings (SSSR count). The Kier molecular flexibility index (Phi) is 7.66. The van der Waals surface area contributed by atoms with E-state index in [0.717, 1.165) is 10.2 Å². The van der Waals surface area contributed by atoms with Gasteiger partial charge in [-0.05, 0) is 18.2 Å². The number of amides is 1. The van der Waals surface area contributed by atoms with E-state index >= 15 is 0 Å². The molecule has 0 aliphatic carbocycles. The predicted octanol–water partition coefficient (Wildman–Crippen LogP) is 1.33. The van der Waals surface area contributed by atoms with Gasteiger partial charge >= 0.3 is 0 Å². The van der Waals surface area contributed by atoms with Crippen molar-refractivity contribution in [3.05, 3.63) is 28.7 Å². The van der Waals surface area contributed by atoms with Crippen LogP contribution in [0.15, 0.2) is 28.7 Å². The third kappa shape index (κ3) is 6.68. The molecule has 0 radical (unpaired) electrons. The average Bonchev–Trinajstić information content (AvgIpc) is 2.36. The molecule has 0 aliphatic rings. The van der Waals surface area contributed by atoms with Gasteiger partial charge in [0.25, 0.3) is 0 Å². The van der Waals surface area contributed by atoms with Crippen LogP contribution in [0.3, 0.4) is 0 Å². The first kappa shape index (κ1) is 16.1. The Labute approximate surface area is 121 Å². The summed E-state index contributed by atoms with van der Waals surface area (Å²) in [6.07, 6.45) is 0. The van der Waals surface area contributed by atoms with Gasteiger partial charge in [0.2, 0.25) is 5.91 Å². The van der Waals surface area contributed by atoms with Crippen molar-refractivity contribution in [2.75, 3.05) is 45.3 Å². The zero-order valence-corrected chi connectivity index (χ0v) is 12.5. The van der Waals surface area contributed by atoms with Crippen LogP contribution in [0.1, 0.15) is 0 Å². The fraction of sp³-hybridized carbons (Fsp3) is 0.462. The number of aliphatic hydroxyl groups excluding tert-OH is 1. The topological polar surface area (TPSA) is 61.8 Å². The molecule has 0 aromatic heterocycles. The van der Waals surface area contributed by atoms with Crippen molar-refractivity contribution in [1.82, 2.24) is 4.90 Å². The number of rotatable bonds is 8. The normalized spacial score (nSPS) is 10.7. The van der Waals surface area contributed by atoms with E-state index in [4.69, 9.17) is 9.84 Å². The Hall–Kier alpha value is -0.950. The summed E-state index contributed by atoms with van der Waals surface area (Å²) < 4.78 is 5.89. The second kappa shape index (κ2) is 9.03. The van der Waals surface area contributed by atoms with Crippen molar-refractivity contribution in [1.29, 1.82) is 0 Å². The Bertz CT molecular complexity index is 401. The number of hydrogen-bond acceptors (Lipinski definition) is 4. The number of aliphatic hydroxyl groups is 1. The molecule has 0 spiro atoms. The number of hydrogen-bond donors (Lipinski definition) is 2. The highest BCUT2D eigenvalue weighted by Gasteiger charge is 2.10. The monoisotopic (exact) mass is 330 g/mol. The van der Waals surface area contributed by atoms with E-state index < -0.39 is 0 Å². The minimum atomic E-state index is -0.109. The molecule has 2 N–H and O–H groups in total. The molecule has 0 fully saturated rings. The van der Waals surface area contributed by atoms with Gasteiger partial charge in [-0.1, -0.05) is 22.0 Å². The van der Waals surface area contributed by atoms with Crippen molar-refractivity contribution >= 4 is 27.5 Å². The summed E-state index contributed by atoms with van der Waals surface area (Å²) in [6, 6.07) is 7.42. The molecule has 0 heterocycles. The SMILES string of the molecule is COCCN(CCO)CC(=O)Nc1cccc(Br)c1. The summed E-state index contributed by atoms with van der Waals surface area (Å²) >= 11 is 3.35. The van der Waals surface area contributed by atoms with Gasteiger partial charge in [0.15, 0.2) is 0 Å². The number of carbonyl (C=O) groups excluding carboxylic acids is 1. The number of halogens is 1. The lowest BCUT2D eigenvalue weighted by Gasteiger charge is -2.20. The van der Waals surface area contributed by atoms with Crippen LogP contribution in [0.2, 0.25) is 0 Å². The molecule has 5 nitrogen and oxygen atoms in total. The molecule has 0 saturated heterocycles. The maximum absolute atomic E-state index is 11.9. The van der Waals surface area contributed by atoms with Gasteiger partial charge in [0.1, 0.15) is 0 Å². The number of nitrogens with zero attached hydrogens (tertiary/aromatic N) is 1. The maximum atomic E-state index is 11.9. The van der Waals surface area contributed by atoms with Crippen LogP contribution in [0.5, 0.6) is 0 Å². The summed E-state index contributed by atoms with van der Waals surface area (Å²) in [4.78, 5) is 13.7. The average molecular weight is 331 g/mol. The highest BCUT2D eigenvalue weighted by molar-refractivity contribution is 9.10. The molecular weight excluding hydrogens is 312 g/mol. The summed E-state index contributed by atoms with van der Waals surface area (Å²) in [6.45, 7) is 1.85. The molecule has 0 bridgehead atoms. The number of nitrogens with one attached hydrogen (secondary N) is 1. The minimum absolute atomic E-state index is 0.0217. The second-order valence-electron chi connectivity index (χ2n) is 4.05. The van der Waals surface area contributed by atoms with Crippen LogP contribution in [0.25, 0.3) is 0 Å². The molecule has 6 heteroatoms. The van der Waals surface area contributed by atoms with E-state index in [1.807, 2.05) is 29.2 Å². The second-order valence-corrected chi connectivity index (χ2v) is 4.97. The van der Waals surface area contributed by atoms with Gasteiger partial charge in [-0.25, -0.2) is 0 Å². The van der Waals surface area contributed by atoms with Crippen molar-refractivity contribution in [3.8, 4) is 0 Å². The standard InChI is InChI=1S/C13H19BrN2O3/c1-19-8-6-16(5-7-17)10-13(18)15-12-4-2-3-11(14)9-12/h2-4,9,17H,5-8,10H2,1H3,(H,15,18). The van der Waals surface area contributed by atoms with E-state index in [1.165, 1.54) is 0 Å². The Morgan fingerprint density at radius 2 is 2.26 bits per heavy atom. The number of benzene rings is 1. The summed E-state index contributed by atoms with van der Waals surface area (Å²) in [7, 11) is 1.61. The highest BCUT2D eigenvalue weighted by atomic mass is 79.9. The van der Waals surface area contributed by atoms with Crippen LogP contribution in [-0.2, 0) is 9.53 Å². The summed E-state index contributed by atoms with van der Waals surface area (Å²) in [5, 5.41) is 11.8. The third-order valence-corrected chi connectivity index (χ3v) is 3.00. The fourth-order valence-electron chi connectivity index (χ4n) is 1.60. The van der Waals surface area contributed by atoms with E-state index in [2.05, 4.69) is 21.2 Å². The molecule has 0 atom stereocenters. The maximum Gasteiger partial charge on any atom is 0.238 e. The molecule has 1 aromatic rings. The van der Waals surface area contributed by atoms with Gasteiger partial charge in [-0.15, -0.1) is 0 Å². The lowest BCUT2D eigenvalue weighted by atomic mass is 10.3. The Balaban J connectivity index is 2.47. The van der Waals surface area contributed by atoms with Crippen molar-refractivity contribution < 1.29 is 14.6 Å². The third-order valence-electron chi connectivity index (χ3n) is 2.50. The van der Waals surface area contributed by atoms with Crippen LogP contribution < -0.4 is 5.32 Å². The van der Waals surface area contributed by atoms with Crippen molar-refractivity contribution in [2.45, 2.75) is 0 Å². The lowest BCUT2D eigenvalue weighted by molar-refractivity contribution is -0.117. The first-order valence-corrected chi connectivity index (χ1v) is 6.82. The molecule has 19 heavy (non-hydrogen) atoms. The molecule has 1 amide bonds. The fourth-order valence-corrected chi connectivity index (χ4v) is 2.00. The summed E-state index contributed by atoms with van der Waals surface area (Å²) in [5.41, 5.74) is 0.745. The van der Waals surface area contributed by atoms with Gasteiger partial charge < -0.3 is 15.2 Å². The zero-order valence-electron chi connectivity index (χ0n) is 10.9. The van der Waals surface area contributed by atoms with Gasteiger partial charge in [0, 0.05) is 30.4 Å². The molecule has 0 saturated carbocycles. The Morgan fingerprint density at radius 1 is 1.47 bits per heavy atom. The number of anilines is 1. The van der Waals surface area contributed by atoms with E-state index in [-0.39, 0.29) is 19.1 Å². The van der Waals surface area contributed by atoms with E-state index in [1.54, 1.807) is 7.11 Å². The zero-order chi connectivity index (χ0) is 14.1. The molecule has 0 unspecified atom stereocenters. The Morgan fingerprint density at radius 3 is 2.89 bits per heavy atom. The first-order valence-electron chi connectivity index (χ1n) is 6.03. The molecule has 0 aliphatic heterocycles. The smallest absolute Gasteiger partial charge is 0.238 e. The molecule has 1 aromatic carbocycles. The van der Waals surface area contributed by atoms with Gasteiger partial charge in [0.05, 0.1) is 19.8 Å². The van der Waals surface area contributed by atoms with Crippen LogP contribution in [0.4, 0.5) is 5.69 Å². The largest absolute Gasteiger partial charge is 0.395 e. The molecule has 106 valence electrons. The van der Waals surface area contributed by atoms with E-state index in [0.29, 0.717) is 19.7 Å². The van der Waals surface area contributed by atoms with Gasteiger partial charge in [-0.3, -0.25) is 9.69 Å². The van der Waals surface area contributed by atoms with Crippen LogP contribution >= 0.6 is 15.9 Å². The van der Waals surface area contributed by atoms with Crippen molar-refractivity contribution in [3.63, 3.8) is 0 Å². The van der Waals surface area contributed by atoms with Crippen LogP contribution in [-0.4, -0.2) is 55.9 Å².